The van der Waals surface area contributed by atoms with Gasteiger partial charge in [0.25, 0.3) is 5.91 Å². The van der Waals surface area contributed by atoms with Crippen LogP contribution in [-0.4, -0.2) is 34.4 Å². The van der Waals surface area contributed by atoms with E-state index >= 15 is 0 Å². The Morgan fingerprint density at radius 2 is 2.46 bits per heavy atom. The average Bonchev–Trinajstić information content (AvgIpc) is 2.51. The Morgan fingerprint density at radius 1 is 1.77 bits per heavy atom. The number of aromatic amines is 2. The van der Waals surface area contributed by atoms with Gasteiger partial charge >= 0.3 is 5.69 Å². The van der Waals surface area contributed by atoms with Gasteiger partial charge in [0.05, 0.1) is 6.07 Å². The highest BCUT2D eigenvalue weighted by Crippen LogP contribution is 1.94. The van der Waals surface area contributed by atoms with Crippen LogP contribution in [0.3, 0.4) is 0 Å². The van der Waals surface area contributed by atoms with Gasteiger partial charge in [-0.05, 0) is 0 Å². The molecule has 2 N–H and O–H groups in total. The van der Waals surface area contributed by atoms with Crippen molar-refractivity contribution in [2.24, 2.45) is 0 Å². The van der Waals surface area contributed by atoms with Crippen molar-refractivity contribution in [2.45, 2.75) is 0 Å². The molecule has 0 aliphatic heterocycles. The number of hydrogen-bond acceptors (Lipinski definition) is 3. The summed E-state index contributed by atoms with van der Waals surface area (Å²) in [7, 11) is 1.48. The molecule has 0 atom stereocenters. The maximum absolute atomic E-state index is 11.3. The highest BCUT2D eigenvalue weighted by Gasteiger charge is 2.12. The van der Waals surface area contributed by atoms with Crippen molar-refractivity contribution in [3.8, 4) is 6.07 Å². The molecular weight excluding hydrogens is 172 g/mol. The first kappa shape index (κ1) is 9.06. The third kappa shape index (κ3) is 1.96. The zero-order chi connectivity index (χ0) is 9.84. The molecule has 0 aliphatic rings. The maximum atomic E-state index is 11.3. The number of H-pyrrole nitrogens is 2. The smallest absolute Gasteiger partial charge is 0.323 e. The van der Waals surface area contributed by atoms with Crippen LogP contribution >= 0.6 is 0 Å². The number of imidazole rings is 1. The number of nitriles is 1. The van der Waals surface area contributed by atoms with Crippen molar-refractivity contribution in [2.75, 3.05) is 13.6 Å². The zero-order valence-electron chi connectivity index (χ0n) is 7.00. The molecule has 0 unspecified atom stereocenters. The van der Waals surface area contributed by atoms with Gasteiger partial charge in [0.15, 0.2) is 0 Å². The van der Waals surface area contributed by atoms with Crippen molar-refractivity contribution in [1.29, 1.82) is 5.26 Å². The zero-order valence-corrected chi connectivity index (χ0v) is 7.00. The molecule has 0 saturated carbocycles. The molecular formula is C7H8N4O2. The molecule has 68 valence electrons. The topological polar surface area (TPSA) is 92.8 Å². The van der Waals surface area contributed by atoms with Crippen molar-refractivity contribution < 1.29 is 4.79 Å². The molecule has 1 aromatic heterocycles. The molecule has 0 bridgehead atoms. The normalized spacial score (nSPS) is 9.23. The molecule has 1 aromatic rings. The third-order valence-corrected chi connectivity index (χ3v) is 1.48. The summed E-state index contributed by atoms with van der Waals surface area (Å²) >= 11 is 0. The van der Waals surface area contributed by atoms with Gasteiger partial charge in [0.2, 0.25) is 0 Å². The Labute approximate surface area is 73.8 Å². The highest BCUT2D eigenvalue weighted by molar-refractivity contribution is 5.91. The SMILES string of the molecule is CN(CC#N)C(=O)c1c[nH]c(=O)[nH]1. The lowest BCUT2D eigenvalue weighted by molar-refractivity contribution is 0.0806. The number of amides is 1. The molecule has 0 aliphatic carbocycles. The van der Waals surface area contributed by atoms with Crippen LogP contribution in [0, 0.1) is 11.3 Å². The van der Waals surface area contributed by atoms with Crippen LogP contribution in [0.4, 0.5) is 0 Å². The minimum atomic E-state index is -0.436. The van der Waals surface area contributed by atoms with Crippen LogP contribution in [0.5, 0.6) is 0 Å². The number of aromatic nitrogens is 2. The predicted octanol–water partition coefficient (Wildman–Crippen LogP) is -0.701. The number of carbonyl (C=O) groups excluding carboxylic acids is 1. The Bertz CT molecular complexity index is 397. The van der Waals surface area contributed by atoms with E-state index in [4.69, 9.17) is 5.26 Å². The average molecular weight is 180 g/mol. The van der Waals surface area contributed by atoms with Gasteiger partial charge in [-0.3, -0.25) is 4.79 Å². The number of nitrogens with one attached hydrogen (secondary N) is 2. The summed E-state index contributed by atoms with van der Waals surface area (Å²) < 4.78 is 0. The van der Waals surface area contributed by atoms with Crippen LogP contribution < -0.4 is 5.69 Å². The van der Waals surface area contributed by atoms with E-state index in [-0.39, 0.29) is 18.1 Å². The molecule has 1 heterocycles. The first-order valence-corrected chi connectivity index (χ1v) is 3.55. The van der Waals surface area contributed by atoms with Crippen LogP contribution in [0.25, 0.3) is 0 Å². The summed E-state index contributed by atoms with van der Waals surface area (Å²) in [5.74, 6) is -0.389. The molecule has 1 rings (SSSR count). The van der Waals surface area contributed by atoms with Crippen molar-refractivity contribution in [3.05, 3.63) is 22.4 Å². The minimum absolute atomic E-state index is 0.00789. The van der Waals surface area contributed by atoms with Crippen molar-refractivity contribution in [3.63, 3.8) is 0 Å². The Hall–Kier alpha value is -2.03. The van der Waals surface area contributed by atoms with Gasteiger partial charge in [-0.25, -0.2) is 4.79 Å². The number of hydrogen-bond donors (Lipinski definition) is 2. The lowest BCUT2D eigenvalue weighted by atomic mass is 10.4. The molecule has 6 nitrogen and oxygen atoms in total. The van der Waals surface area contributed by atoms with Gasteiger partial charge in [-0.1, -0.05) is 0 Å². The molecule has 0 radical (unpaired) electrons. The van der Waals surface area contributed by atoms with Crippen molar-refractivity contribution >= 4 is 5.91 Å². The highest BCUT2D eigenvalue weighted by atomic mass is 16.2. The minimum Gasteiger partial charge on any atom is -0.327 e. The van der Waals surface area contributed by atoms with E-state index in [2.05, 4.69) is 9.97 Å². The molecule has 13 heavy (non-hydrogen) atoms. The number of nitrogens with zero attached hydrogens (tertiary/aromatic N) is 2. The second-order valence-electron chi connectivity index (χ2n) is 2.48. The Morgan fingerprint density at radius 3 is 2.92 bits per heavy atom. The van der Waals surface area contributed by atoms with E-state index in [0.717, 1.165) is 0 Å². The predicted molar refractivity (Wildman–Crippen MR) is 44.0 cm³/mol. The molecule has 0 spiro atoms. The Kier molecular flexibility index (Phi) is 2.50. The fourth-order valence-electron chi connectivity index (χ4n) is 0.831. The third-order valence-electron chi connectivity index (χ3n) is 1.48. The fourth-order valence-corrected chi connectivity index (χ4v) is 0.831. The molecule has 0 fully saturated rings. The van der Waals surface area contributed by atoms with Gasteiger partial charge in [0.1, 0.15) is 12.2 Å². The van der Waals surface area contributed by atoms with Gasteiger partial charge in [-0.2, -0.15) is 5.26 Å². The summed E-state index contributed by atoms with van der Waals surface area (Å²) in [6.07, 6.45) is 1.28. The molecule has 6 heteroatoms. The van der Waals surface area contributed by atoms with E-state index in [0.29, 0.717) is 0 Å². The summed E-state index contributed by atoms with van der Waals surface area (Å²) in [4.78, 5) is 27.8. The van der Waals surface area contributed by atoms with Crippen LogP contribution in [0.1, 0.15) is 10.5 Å². The van der Waals surface area contributed by atoms with Crippen molar-refractivity contribution in [1.82, 2.24) is 14.9 Å². The summed E-state index contributed by atoms with van der Waals surface area (Å²) in [6, 6.07) is 1.83. The van der Waals surface area contributed by atoms with Crippen LogP contribution in [0.15, 0.2) is 11.0 Å². The molecule has 0 saturated heterocycles. The first-order valence-electron chi connectivity index (χ1n) is 3.55. The summed E-state index contributed by atoms with van der Waals surface area (Å²) in [6.45, 7) is -0.00789. The van der Waals surface area contributed by atoms with E-state index in [1.54, 1.807) is 0 Å². The quantitative estimate of drug-likeness (QED) is 0.589. The monoisotopic (exact) mass is 180 g/mol. The number of carbonyl (C=O) groups is 1. The lowest BCUT2D eigenvalue weighted by Gasteiger charge is -2.10. The van der Waals surface area contributed by atoms with E-state index in [1.807, 2.05) is 6.07 Å². The van der Waals surface area contributed by atoms with E-state index < -0.39 is 5.69 Å². The van der Waals surface area contributed by atoms with Crippen LogP contribution in [-0.2, 0) is 0 Å². The molecule has 0 aromatic carbocycles. The van der Waals surface area contributed by atoms with Gasteiger partial charge in [-0.15, -0.1) is 0 Å². The summed E-state index contributed by atoms with van der Waals surface area (Å²) in [5.41, 5.74) is -0.281. The Balaban J connectivity index is 2.80. The van der Waals surface area contributed by atoms with Gasteiger partial charge < -0.3 is 14.9 Å². The van der Waals surface area contributed by atoms with Crippen LogP contribution in [0.2, 0.25) is 0 Å². The maximum Gasteiger partial charge on any atom is 0.323 e. The first-order chi connectivity index (χ1) is 6.15. The lowest BCUT2D eigenvalue weighted by Crippen LogP contribution is -2.27. The second kappa shape index (κ2) is 3.58. The molecule has 1 amide bonds. The standard InChI is InChI=1S/C7H8N4O2/c1-11(3-2-8)6(12)5-4-9-7(13)10-5/h4H,3H2,1H3,(H2,9,10,13). The van der Waals surface area contributed by atoms with E-state index in [1.165, 1.54) is 18.1 Å². The van der Waals surface area contributed by atoms with Gasteiger partial charge in [0, 0.05) is 13.2 Å². The van der Waals surface area contributed by atoms with E-state index in [9.17, 15) is 9.59 Å². The fraction of sp³-hybridized carbons (Fsp3) is 0.286. The second-order valence-corrected chi connectivity index (χ2v) is 2.48. The number of rotatable bonds is 2. The largest absolute Gasteiger partial charge is 0.327 e. The summed E-state index contributed by atoms with van der Waals surface area (Å²) in [5, 5.41) is 8.31.